The highest BCUT2D eigenvalue weighted by Gasteiger charge is 2.30. The van der Waals surface area contributed by atoms with Crippen LogP contribution in [0.4, 0.5) is 0 Å². The van der Waals surface area contributed by atoms with Crippen molar-refractivity contribution in [2.75, 3.05) is 19.6 Å². The Kier molecular flexibility index (Phi) is 5.61. The van der Waals surface area contributed by atoms with Crippen LogP contribution in [0.5, 0.6) is 0 Å². The summed E-state index contributed by atoms with van der Waals surface area (Å²) in [5.74, 6) is -1.81. The highest BCUT2D eigenvalue weighted by molar-refractivity contribution is 5.86. The molecule has 0 saturated carbocycles. The van der Waals surface area contributed by atoms with E-state index in [1.54, 1.807) is 0 Å². The molecule has 1 fully saturated rings. The molecule has 1 heterocycles. The maximum Gasteiger partial charge on any atom is 0.308 e. The van der Waals surface area contributed by atoms with Crippen molar-refractivity contribution in [3.63, 3.8) is 0 Å². The van der Waals surface area contributed by atoms with Gasteiger partial charge < -0.3 is 15.3 Å². The summed E-state index contributed by atoms with van der Waals surface area (Å²) in [7, 11) is 0. The Bertz CT molecular complexity index is 330. The fourth-order valence-corrected chi connectivity index (χ4v) is 1.90. The Morgan fingerprint density at radius 3 is 2.83 bits per heavy atom. The summed E-state index contributed by atoms with van der Waals surface area (Å²) in [5.41, 5.74) is 0. The molecule has 1 rings (SSSR count). The van der Waals surface area contributed by atoms with Crippen LogP contribution >= 0.6 is 0 Å². The lowest BCUT2D eigenvalue weighted by molar-refractivity contribution is -0.149. The summed E-state index contributed by atoms with van der Waals surface area (Å²) in [6.07, 6.45) is 2.46. The second kappa shape index (κ2) is 6.98. The van der Waals surface area contributed by atoms with Crippen molar-refractivity contribution in [3.8, 4) is 0 Å². The summed E-state index contributed by atoms with van der Waals surface area (Å²) in [6.45, 7) is 2.72. The molecule has 0 aliphatic carbocycles. The maximum absolute atomic E-state index is 11.6. The molecule has 2 N–H and O–H groups in total. The first kappa shape index (κ1) is 14.5. The second-order valence-corrected chi connectivity index (χ2v) is 4.55. The number of carbonyl (C=O) groups excluding carboxylic acids is 2. The zero-order valence-electron chi connectivity index (χ0n) is 10.6. The molecule has 0 radical (unpaired) electrons. The molecule has 0 spiro atoms. The van der Waals surface area contributed by atoms with Crippen molar-refractivity contribution < 1.29 is 19.5 Å². The maximum atomic E-state index is 11.6. The second-order valence-electron chi connectivity index (χ2n) is 4.55. The number of aliphatic carboxylic acids is 1. The summed E-state index contributed by atoms with van der Waals surface area (Å²) in [6, 6.07) is 0. The lowest BCUT2D eigenvalue weighted by Crippen LogP contribution is -2.47. The smallest absolute Gasteiger partial charge is 0.308 e. The topological polar surface area (TPSA) is 86.7 Å². The summed E-state index contributed by atoms with van der Waals surface area (Å²) >= 11 is 0. The van der Waals surface area contributed by atoms with E-state index in [1.165, 1.54) is 4.90 Å². The van der Waals surface area contributed by atoms with Crippen LogP contribution in [0.25, 0.3) is 0 Å². The average molecular weight is 256 g/mol. The van der Waals surface area contributed by atoms with Crippen LogP contribution in [0.15, 0.2) is 0 Å². The Morgan fingerprint density at radius 2 is 2.22 bits per heavy atom. The van der Waals surface area contributed by atoms with Crippen molar-refractivity contribution in [2.24, 2.45) is 5.92 Å². The zero-order valence-corrected chi connectivity index (χ0v) is 10.6. The SMILES string of the molecule is CCCCNC(=O)CN1CC(C(=O)O)CCC1=O. The van der Waals surface area contributed by atoms with E-state index in [-0.39, 0.29) is 31.3 Å². The average Bonchev–Trinajstić information content (AvgIpc) is 2.32. The van der Waals surface area contributed by atoms with Crippen molar-refractivity contribution in [1.29, 1.82) is 0 Å². The third-order valence-electron chi connectivity index (χ3n) is 3.04. The van der Waals surface area contributed by atoms with E-state index in [9.17, 15) is 14.4 Å². The van der Waals surface area contributed by atoms with Crippen LogP contribution in [0, 0.1) is 5.92 Å². The quantitative estimate of drug-likeness (QED) is 0.666. The molecule has 0 aromatic heterocycles. The lowest BCUT2D eigenvalue weighted by atomic mass is 9.98. The molecule has 0 aromatic carbocycles. The first-order valence-electron chi connectivity index (χ1n) is 6.31. The fourth-order valence-electron chi connectivity index (χ4n) is 1.90. The van der Waals surface area contributed by atoms with Gasteiger partial charge in [-0.1, -0.05) is 13.3 Å². The van der Waals surface area contributed by atoms with E-state index in [2.05, 4.69) is 5.32 Å². The van der Waals surface area contributed by atoms with Gasteiger partial charge in [0.05, 0.1) is 12.5 Å². The Balaban J connectivity index is 2.41. The van der Waals surface area contributed by atoms with Gasteiger partial charge in [0.2, 0.25) is 11.8 Å². The summed E-state index contributed by atoms with van der Waals surface area (Å²) in [4.78, 5) is 35.3. The molecule has 18 heavy (non-hydrogen) atoms. The van der Waals surface area contributed by atoms with Crippen molar-refractivity contribution in [1.82, 2.24) is 10.2 Å². The standard InChI is InChI=1S/C12H20N2O4/c1-2-3-6-13-10(15)8-14-7-9(12(17)18)4-5-11(14)16/h9H,2-8H2,1H3,(H,13,15)(H,17,18). The first-order chi connectivity index (χ1) is 8.54. The molecule has 6 nitrogen and oxygen atoms in total. The van der Waals surface area contributed by atoms with Crippen molar-refractivity contribution >= 4 is 17.8 Å². The lowest BCUT2D eigenvalue weighted by Gasteiger charge is -2.30. The van der Waals surface area contributed by atoms with Gasteiger partial charge >= 0.3 is 5.97 Å². The van der Waals surface area contributed by atoms with Gasteiger partial charge in [0.1, 0.15) is 0 Å². The summed E-state index contributed by atoms with van der Waals surface area (Å²) in [5, 5.41) is 11.6. The van der Waals surface area contributed by atoms with Gasteiger partial charge in [0.15, 0.2) is 0 Å². The number of likely N-dealkylation sites (tertiary alicyclic amines) is 1. The van der Waals surface area contributed by atoms with Gasteiger partial charge in [0, 0.05) is 19.5 Å². The van der Waals surface area contributed by atoms with Crippen LogP contribution in [0.2, 0.25) is 0 Å². The van der Waals surface area contributed by atoms with E-state index in [4.69, 9.17) is 5.11 Å². The number of amides is 2. The van der Waals surface area contributed by atoms with E-state index in [1.807, 2.05) is 6.92 Å². The predicted octanol–water partition coefficient (Wildman–Crippen LogP) is 0.226. The Labute approximate surface area is 106 Å². The minimum absolute atomic E-state index is 0.0354. The minimum Gasteiger partial charge on any atom is -0.481 e. The molecule has 2 amide bonds. The molecule has 1 aliphatic rings. The van der Waals surface area contributed by atoms with Gasteiger partial charge in [0.25, 0.3) is 0 Å². The molecule has 0 aromatic rings. The van der Waals surface area contributed by atoms with E-state index in [0.717, 1.165) is 12.8 Å². The zero-order chi connectivity index (χ0) is 13.5. The van der Waals surface area contributed by atoms with Gasteiger partial charge in [-0.05, 0) is 12.8 Å². The number of hydrogen-bond donors (Lipinski definition) is 2. The number of carboxylic acids is 1. The Hall–Kier alpha value is -1.59. The number of hydrogen-bond acceptors (Lipinski definition) is 3. The number of unbranched alkanes of at least 4 members (excludes halogenated alkanes) is 1. The Morgan fingerprint density at radius 1 is 1.50 bits per heavy atom. The molecule has 0 bridgehead atoms. The molecular formula is C12H20N2O4. The van der Waals surface area contributed by atoms with Gasteiger partial charge in [-0.2, -0.15) is 0 Å². The largest absolute Gasteiger partial charge is 0.481 e. The third-order valence-corrected chi connectivity index (χ3v) is 3.04. The third kappa shape index (κ3) is 4.35. The molecule has 1 unspecified atom stereocenters. The number of nitrogens with zero attached hydrogens (tertiary/aromatic N) is 1. The predicted molar refractivity (Wildman–Crippen MR) is 64.9 cm³/mol. The van der Waals surface area contributed by atoms with Gasteiger partial charge in [-0.25, -0.2) is 0 Å². The van der Waals surface area contributed by atoms with Crippen LogP contribution in [0.3, 0.4) is 0 Å². The van der Waals surface area contributed by atoms with E-state index in [0.29, 0.717) is 13.0 Å². The van der Waals surface area contributed by atoms with Crippen LogP contribution in [0.1, 0.15) is 32.6 Å². The van der Waals surface area contributed by atoms with Gasteiger partial charge in [-0.15, -0.1) is 0 Å². The highest BCUT2D eigenvalue weighted by Crippen LogP contribution is 2.17. The molecule has 6 heteroatoms. The minimum atomic E-state index is -0.904. The fraction of sp³-hybridized carbons (Fsp3) is 0.750. The molecule has 1 atom stereocenters. The normalized spacial score (nSPS) is 19.7. The van der Waals surface area contributed by atoms with Crippen LogP contribution < -0.4 is 5.32 Å². The number of piperidine rings is 1. The molecule has 102 valence electrons. The number of carboxylic acid groups (broad SMARTS) is 1. The molecule has 1 aliphatic heterocycles. The van der Waals surface area contributed by atoms with Crippen LogP contribution in [-0.4, -0.2) is 47.4 Å². The van der Waals surface area contributed by atoms with Gasteiger partial charge in [-0.3, -0.25) is 14.4 Å². The highest BCUT2D eigenvalue weighted by atomic mass is 16.4. The molecule has 1 saturated heterocycles. The monoisotopic (exact) mass is 256 g/mol. The van der Waals surface area contributed by atoms with Crippen LogP contribution in [-0.2, 0) is 14.4 Å². The van der Waals surface area contributed by atoms with E-state index < -0.39 is 11.9 Å². The van der Waals surface area contributed by atoms with E-state index >= 15 is 0 Å². The number of rotatable bonds is 6. The number of carbonyl (C=O) groups is 3. The van der Waals surface area contributed by atoms with Crippen molar-refractivity contribution in [2.45, 2.75) is 32.6 Å². The molecular weight excluding hydrogens is 236 g/mol. The summed E-state index contributed by atoms with van der Waals surface area (Å²) < 4.78 is 0. The van der Waals surface area contributed by atoms with Crippen molar-refractivity contribution in [3.05, 3.63) is 0 Å². The number of nitrogens with one attached hydrogen (secondary N) is 1. The first-order valence-corrected chi connectivity index (χ1v) is 6.31.